The van der Waals surface area contributed by atoms with E-state index < -0.39 is 0 Å². The standard InChI is InChI=1S/C14H30N4O2/c1-4-9-16-13(19)8-11-18-14(15-5-2)17-10-7-12-20-6-3/h4-12H2,1-3H3,(H,16,19)(H2,15,17,18). The number of carbonyl (C=O) groups is 1. The van der Waals surface area contributed by atoms with Crippen LogP contribution in [0.15, 0.2) is 4.99 Å². The lowest BCUT2D eigenvalue weighted by molar-refractivity contribution is -0.120. The normalized spacial score (nSPS) is 11.2. The maximum absolute atomic E-state index is 11.4. The fourth-order valence-corrected chi connectivity index (χ4v) is 1.49. The monoisotopic (exact) mass is 286 g/mol. The Morgan fingerprint density at radius 3 is 2.55 bits per heavy atom. The van der Waals surface area contributed by atoms with Gasteiger partial charge < -0.3 is 20.7 Å². The first-order valence-corrected chi connectivity index (χ1v) is 7.61. The van der Waals surface area contributed by atoms with Crippen LogP contribution in [0.2, 0.25) is 0 Å². The molecule has 0 radical (unpaired) electrons. The predicted octanol–water partition coefficient (Wildman–Crippen LogP) is 0.884. The molecule has 0 heterocycles. The smallest absolute Gasteiger partial charge is 0.221 e. The van der Waals surface area contributed by atoms with Gasteiger partial charge in [-0.15, -0.1) is 0 Å². The van der Waals surface area contributed by atoms with Gasteiger partial charge in [0, 0.05) is 45.8 Å². The number of guanidine groups is 1. The van der Waals surface area contributed by atoms with Crippen molar-refractivity contribution >= 4 is 11.9 Å². The van der Waals surface area contributed by atoms with Crippen molar-refractivity contribution in [3.05, 3.63) is 0 Å². The summed E-state index contributed by atoms with van der Waals surface area (Å²) in [4.78, 5) is 15.9. The largest absolute Gasteiger partial charge is 0.382 e. The van der Waals surface area contributed by atoms with E-state index in [9.17, 15) is 4.79 Å². The summed E-state index contributed by atoms with van der Waals surface area (Å²) in [6, 6.07) is 0. The molecule has 0 bridgehead atoms. The Kier molecular flexibility index (Phi) is 13.2. The summed E-state index contributed by atoms with van der Waals surface area (Å²) in [5.74, 6) is 0.832. The average molecular weight is 286 g/mol. The molecule has 3 N–H and O–H groups in total. The van der Waals surface area contributed by atoms with Gasteiger partial charge in [-0.2, -0.15) is 0 Å². The number of carbonyl (C=O) groups excluding carboxylic acids is 1. The van der Waals surface area contributed by atoms with Crippen LogP contribution in [0.4, 0.5) is 0 Å². The summed E-state index contributed by atoms with van der Waals surface area (Å²) in [5.41, 5.74) is 0. The summed E-state index contributed by atoms with van der Waals surface area (Å²) in [6.07, 6.45) is 2.33. The van der Waals surface area contributed by atoms with E-state index in [1.54, 1.807) is 0 Å². The molecule has 0 unspecified atom stereocenters. The molecule has 0 spiro atoms. The second-order valence-electron chi connectivity index (χ2n) is 4.34. The van der Waals surface area contributed by atoms with Crippen LogP contribution in [-0.4, -0.2) is 51.3 Å². The van der Waals surface area contributed by atoms with Crippen LogP contribution >= 0.6 is 0 Å². The SMILES string of the molecule is CCCNC(=O)CCNC(=NCCCOCC)NCC. The van der Waals surface area contributed by atoms with E-state index in [-0.39, 0.29) is 5.91 Å². The van der Waals surface area contributed by atoms with Crippen molar-refractivity contribution in [3.63, 3.8) is 0 Å². The van der Waals surface area contributed by atoms with Crippen LogP contribution in [0.5, 0.6) is 0 Å². The molecule has 1 amide bonds. The second-order valence-corrected chi connectivity index (χ2v) is 4.34. The predicted molar refractivity (Wildman–Crippen MR) is 83.0 cm³/mol. The Bertz CT molecular complexity index is 270. The topological polar surface area (TPSA) is 74.8 Å². The van der Waals surface area contributed by atoms with Crippen molar-refractivity contribution in [2.24, 2.45) is 4.99 Å². The van der Waals surface area contributed by atoms with Crippen molar-refractivity contribution in [1.29, 1.82) is 0 Å². The maximum atomic E-state index is 11.4. The van der Waals surface area contributed by atoms with Gasteiger partial charge in [0.15, 0.2) is 5.96 Å². The number of nitrogens with zero attached hydrogens (tertiary/aromatic N) is 1. The molecule has 118 valence electrons. The highest BCUT2D eigenvalue weighted by atomic mass is 16.5. The molecule has 0 atom stereocenters. The zero-order valence-corrected chi connectivity index (χ0v) is 13.1. The molecule has 20 heavy (non-hydrogen) atoms. The minimum absolute atomic E-state index is 0.0755. The Morgan fingerprint density at radius 2 is 1.90 bits per heavy atom. The molecule has 0 aliphatic carbocycles. The Labute approximate surface area is 122 Å². The first kappa shape index (κ1) is 18.7. The second kappa shape index (κ2) is 14.1. The molecule has 0 fully saturated rings. The third-order valence-corrected chi connectivity index (χ3v) is 2.48. The summed E-state index contributed by atoms with van der Waals surface area (Å²) in [6.45, 7) is 10.4. The van der Waals surface area contributed by atoms with Crippen LogP contribution in [0, 0.1) is 0 Å². The minimum Gasteiger partial charge on any atom is -0.382 e. The van der Waals surface area contributed by atoms with Crippen LogP contribution in [0.1, 0.15) is 40.0 Å². The number of ether oxygens (including phenoxy) is 1. The van der Waals surface area contributed by atoms with Crippen LogP contribution < -0.4 is 16.0 Å². The minimum atomic E-state index is 0.0755. The van der Waals surface area contributed by atoms with Crippen molar-refractivity contribution in [2.45, 2.75) is 40.0 Å². The molecular formula is C14H30N4O2. The molecule has 0 aliphatic heterocycles. The van der Waals surface area contributed by atoms with Gasteiger partial charge in [0.05, 0.1) is 0 Å². The first-order chi connectivity index (χ1) is 9.74. The molecule has 0 saturated carbocycles. The number of nitrogens with one attached hydrogen (secondary N) is 3. The van der Waals surface area contributed by atoms with Gasteiger partial charge in [-0.3, -0.25) is 9.79 Å². The van der Waals surface area contributed by atoms with E-state index in [0.717, 1.165) is 51.6 Å². The highest BCUT2D eigenvalue weighted by molar-refractivity contribution is 5.81. The fourth-order valence-electron chi connectivity index (χ4n) is 1.49. The summed E-state index contributed by atoms with van der Waals surface area (Å²) in [5, 5.41) is 9.16. The highest BCUT2D eigenvalue weighted by Crippen LogP contribution is 1.85. The van der Waals surface area contributed by atoms with Gasteiger partial charge in [0.25, 0.3) is 0 Å². The highest BCUT2D eigenvalue weighted by Gasteiger charge is 2.01. The third-order valence-electron chi connectivity index (χ3n) is 2.48. The quantitative estimate of drug-likeness (QED) is 0.299. The van der Waals surface area contributed by atoms with E-state index >= 15 is 0 Å². The third kappa shape index (κ3) is 11.8. The molecule has 6 heteroatoms. The molecule has 0 saturated heterocycles. The first-order valence-electron chi connectivity index (χ1n) is 7.61. The van der Waals surface area contributed by atoms with Gasteiger partial charge in [0.1, 0.15) is 0 Å². The van der Waals surface area contributed by atoms with E-state index in [1.807, 2.05) is 20.8 Å². The van der Waals surface area contributed by atoms with E-state index in [4.69, 9.17) is 4.74 Å². The molecule has 6 nitrogen and oxygen atoms in total. The maximum Gasteiger partial charge on any atom is 0.221 e. The molecule has 0 aromatic rings. The molecule has 0 aromatic heterocycles. The van der Waals surface area contributed by atoms with Crippen molar-refractivity contribution in [2.75, 3.05) is 39.4 Å². The number of amides is 1. The Hall–Kier alpha value is -1.30. The summed E-state index contributed by atoms with van der Waals surface area (Å²) < 4.78 is 5.26. The van der Waals surface area contributed by atoms with Crippen molar-refractivity contribution in [3.8, 4) is 0 Å². The zero-order valence-electron chi connectivity index (χ0n) is 13.1. The van der Waals surface area contributed by atoms with Gasteiger partial charge in [-0.25, -0.2) is 0 Å². The van der Waals surface area contributed by atoms with Crippen LogP contribution in [-0.2, 0) is 9.53 Å². The van der Waals surface area contributed by atoms with Gasteiger partial charge in [-0.05, 0) is 26.7 Å². The summed E-state index contributed by atoms with van der Waals surface area (Å²) >= 11 is 0. The number of hydrogen-bond acceptors (Lipinski definition) is 3. The fraction of sp³-hybridized carbons (Fsp3) is 0.857. The molecule has 0 aromatic carbocycles. The van der Waals surface area contributed by atoms with E-state index in [1.165, 1.54) is 0 Å². The Balaban J connectivity index is 3.83. The van der Waals surface area contributed by atoms with Crippen molar-refractivity contribution < 1.29 is 9.53 Å². The van der Waals surface area contributed by atoms with E-state index in [0.29, 0.717) is 13.0 Å². The number of aliphatic imine (C=N–C) groups is 1. The van der Waals surface area contributed by atoms with Crippen molar-refractivity contribution in [1.82, 2.24) is 16.0 Å². The molecular weight excluding hydrogens is 256 g/mol. The van der Waals surface area contributed by atoms with Gasteiger partial charge in [0.2, 0.25) is 5.91 Å². The lowest BCUT2D eigenvalue weighted by Gasteiger charge is -2.11. The Morgan fingerprint density at radius 1 is 1.10 bits per heavy atom. The van der Waals surface area contributed by atoms with Crippen LogP contribution in [0.3, 0.4) is 0 Å². The lowest BCUT2D eigenvalue weighted by atomic mass is 10.4. The van der Waals surface area contributed by atoms with Gasteiger partial charge >= 0.3 is 0 Å². The van der Waals surface area contributed by atoms with Crippen LogP contribution in [0.25, 0.3) is 0 Å². The number of rotatable bonds is 11. The van der Waals surface area contributed by atoms with E-state index in [2.05, 4.69) is 20.9 Å². The zero-order chi connectivity index (χ0) is 15.1. The molecule has 0 rings (SSSR count). The molecule has 0 aliphatic rings. The number of hydrogen-bond donors (Lipinski definition) is 3. The van der Waals surface area contributed by atoms with Gasteiger partial charge in [-0.1, -0.05) is 6.92 Å². The summed E-state index contributed by atoms with van der Waals surface area (Å²) in [7, 11) is 0. The average Bonchev–Trinajstić information content (AvgIpc) is 2.44. The lowest BCUT2D eigenvalue weighted by Crippen LogP contribution is -2.39.